The molecule has 3 rings (SSSR count). The van der Waals surface area contributed by atoms with Gasteiger partial charge in [-0.15, -0.1) is 0 Å². The molecule has 0 amide bonds. The summed E-state index contributed by atoms with van der Waals surface area (Å²) < 4.78 is 12.4. The summed E-state index contributed by atoms with van der Waals surface area (Å²) in [7, 11) is 0. The number of anilines is 1. The van der Waals surface area contributed by atoms with Gasteiger partial charge in [0.25, 0.3) is 0 Å². The van der Waals surface area contributed by atoms with E-state index in [0.29, 0.717) is 22.0 Å². The second-order valence-electron chi connectivity index (χ2n) is 3.89. The number of nitrogen functional groups attached to an aromatic ring is 1. The molecular weight excluding hydrogens is 376 g/mol. The van der Waals surface area contributed by atoms with E-state index < -0.39 is 0 Å². The molecule has 0 unspecified atom stereocenters. The molecule has 0 radical (unpaired) electrons. The van der Waals surface area contributed by atoms with Gasteiger partial charge in [-0.25, -0.2) is 0 Å². The van der Waals surface area contributed by atoms with E-state index in [-0.39, 0.29) is 0 Å². The topological polar surface area (TPSA) is 65.2 Å². The van der Waals surface area contributed by atoms with E-state index in [1.165, 1.54) is 0 Å². The largest absolute Gasteiger partial charge is 0.446 e. The molecule has 6 heteroatoms. The highest BCUT2D eigenvalue weighted by atomic mass is 79.9. The average Bonchev–Trinajstić information content (AvgIpc) is 2.95. The molecule has 2 N–H and O–H groups in total. The zero-order valence-corrected chi connectivity index (χ0v) is 12.7. The van der Waals surface area contributed by atoms with Crippen molar-refractivity contribution in [1.29, 1.82) is 0 Å². The molecule has 1 aromatic carbocycles. The van der Waals surface area contributed by atoms with Gasteiger partial charge in [-0.3, -0.25) is 0 Å². The van der Waals surface area contributed by atoms with Crippen molar-refractivity contribution in [2.75, 3.05) is 5.73 Å². The maximum atomic E-state index is 5.89. The summed E-state index contributed by atoms with van der Waals surface area (Å²) >= 11 is 6.70. The van der Waals surface area contributed by atoms with Crippen molar-refractivity contribution in [3.8, 4) is 22.6 Å². The van der Waals surface area contributed by atoms with Crippen molar-refractivity contribution in [1.82, 2.24) is 5.16 Å². The third-order valence-electron chi connectivity index (χ3n) is 2.63. The van der Waals surface area contributed by atoms with Gasteiger partial charge in [0.2, 0.25) is 5.76 Å². The van der Waals surface area contributed by atoms with Crippen molar-refractivity contribution in [2.45, 2.75) is 0 Å². The van der Waals surface area contributed by atoms with Gasteiger partial charge in [-0.05, 0) is 45.8 Å². The Balaban J connectivity index is 2.19. The number of hydrogen-bond donors (Lipinski definition) is 1. The van der Waals surface area contributed by atoms with Gasteiger partial charge in [0.1, 0.15) is 0 Å². The Morgan fingerprint density at radius 1 is 1.11 bits per heavy atom. The van der Waals surface area contributed by atoms with Crippen molar-refractivity contribution in [2.24, 2.45) is 0 Å². The third-order valence-corrected chi connectivity index (χ3v) is 3.55. The van der Waals surface area contributed by atoms with Crippen LogP contribution in [0.15, 0.2) is 54.5 Å². The molecule has 96 valence electrons. The van der Waals surface area contributed by atoms with E-state index in [2.05, 4.69) is 37.0 Å². The number of rotatable bonds is 2. The summed E-state index contributed by atoms with van der Waals surface area (Å²) in [5.74, 6) is 1.42. The van der Waals surface area contributed by atoms with E-state index in [9.17, 15) is 0 Å². The van der Waals surface area contributed by atoms with E-state index in [1.807, 2.05) is 24.3 Å². The molecule has 0 saturated carbocycles. The fraction of sp³-hybridized carbons (Fsp3) is 0. The minimum absolute atomic E-state index is 0.334. The molecule has 19 heavy (non-hydrogen) atoms. The van der Waals surface area contributed by atoms with Crippen LogP contribution in [-0.2, 0) is 0 Å². The van der Waals surface area contributed by atoms with Crippen LogP contribution in [0.25, 0.3) is 22.6 Å². The lowest BCUT2D eigenvalue weighted by atomic mass is 10.1. The number of aromatic nitrogens is 1. The van der Waals surface area contributed by atoms with E-state index >= 15 is 0 Å². The third kappa shape index (κ3) is 2.33. The van der Waals surface area contributed by atoms with Gasteiger partial charge < -0.3 is 14.7 Å². The SMILES string of the molecule is Nc1noc(-c2ccc(Br)o2)c1-c1cccc(Br)c1. The van der Waals surface area contributed by atoms with Crippen molar-refractivity contribution in [3.05, 3.63) is 45.5 Å². The van der Waals surface area contributed by atoms with Crippen LogP contribution in [0.3, 0.4) is 0 Å². The smallest absolute Gasteiger partial charge is 0.212 e. The molecule has 0 aliphatic heterocycles. The molecule has 2 aromatic heterocycles. The van der Waals surface area contributed by atoms with Gasteiger partial charge in [0.15, 0.2) is 16.2 Å². The molecule has 0 saturated heterocycles. The summed E-state index contributed by atoms with van der Waals surface area (Å²) in [4.78, 5) is 0. The van der Waals surface area contributed by atoms with Crippen molar-refractivity contribution >= 4 is 37.7 Å². The van der Waals surface area contributed by atoms with Crippen LogP contribution in [0.2, 0.25) is 0 Å². The minimum atomic E-state index is 0.334. The number of furan rings is 1. The Bertz CT molecular complexity index is 734. The Kier molecular flexibility index (Phi) is 3.20. The zero-order chi connectivity index (χ0) is 13.4. The van der Waals surface area contributed by atoms with Gasteiger partial charge in [-0.1, -0.05) is 33.2 Å². The van der Waals surface area contributed by atoms with Gasteiger partial charge in [0, 0.05) is 4.47 Å². The van der Waals surface area contributed by atoms with E-state index in [4.69, 9.17) is 14.7 Å². The second kappa shape index (κ2) is 4.86. The highest BCUT2D eigenvalue weighted by molar-refractivity contribution is 9.10. The molecule has 3 aromatic rings. The number of halogens is 2. The van der Waals surface area contributed by atoms with Crippen LogP contribution in [0, 0.1) is 0 Å². The molecular formula is C13H8Br2N2O2. The standard InChI is InChI=1S/C13H8Br2N2O2/c14-8-3-1-2-7(6-8)11-12(19-17-13(11)16)9-4-5-10(15)18-9/h1-6H,(H2,16,17). The number of hydrogen-bond acceptors (Lipinski definition) is 4. The maximum Gasteiger partial charge on any atom is 0.212 e. The lowest BCUT2D eigenvalue weighted by Gasteiger charge is -2.01. The molecule has 0 fully saturated rings. The summed E-state index contributed by atoms with van der Waals surface area (Å²) in [5, 5.41) is 3.82. The predicted molar refractivity (Wildman–Crippen MR) is 79.5 cm³/mol. The highest BCUT2D eigenvalue weighted by Gasteiger charge is 2.20. The van der Waals surface area contributed by atoms with Crippen LogP contribution < -0.4 is 5.73 Å². The molecule has 0 aliphatic rings. The first-order valence-electron chi connectivity index (χ1n) is 5.42. The molecule has 2 heterocycles. The van der Waals surface area contributed by atoms with E-state index in [1.54, 1.807) is 12.1 Å². The summed E-state index contributed by atoms with van der Waals surface area (Å²) in [6.45, 7) is 0. The first-order chi connectivity index (χ1) is 9.15. The Morgan fingerprint density at radius 2 is 1.95 bits per heavy atom. The number of nitrogens with two attached hydrogens (primary N) is 1. The predicted octanol–water partition coefficient (Wildman–Crippen LogP) is 4.71. The monoisotopic (exact) mass is 382 g/mol. The minimum Gasteiger partial charge on any atom is -0.446 e. The number of nitrogens with zero attached hydrogens (tertiary/aromatic N) is 1. The molecule has 0 aliphatic carbocycles. The van der Waals surface area contributed by atoms with Gasteiger partial charge >= 0.3 is 0 Å². The molecule has 0 atom stereocenters. The van der Waals surface area contributed by atoms with Crippen LogP contribution in [-0.4, -0.2) is 5.16 Å². The zero-order valence-electron chi connectivity index (χ0n) is 9.56. The Labute approximate surface area is 125 Å². The van der Waals surface area contributed by atoms with Crippen LogP contribution >= 0.6 is 31.9 Å². The highest BCUT2D eigenvalue weighted by Crippen LogP contribution is 2.38. The van der Waals surface area contributed by atoms with Crippen molar-refractivity contribution in [3.63, 3.8) is 0 Å². The van der Waals surface area contributed by atoms with Gasteiger partial charge in [0.05, 0.1) is 5.56 Å². The lowest BCUT2D eigenvalue weighted by molar-refractivity contribution is 0.419. The summed E-state index contributed by atoms with van der Waals surface area (Å²) in [6, 6.07) is 11.3. The lowest BCUT2D eigenvalue weighted by Crippen LogP contribution is -1.88. The fourth-order valence-corrected chi connectivity index (χ4v) is 2.54. The first-order valence-corrected chi connectivity index (χ1v) is 7.00. The van der Waals surface area contributed by atoms with Gasteiger partial charge in [-0.2, -0.15) is 0 Å². The maximum absolute atomic E-state index is 5.89. The molecule has 0 spiro atoms. The second-order valence-corrected chi connectivity index (χ2v) is 5.58. The van der Waals surface area contributed by atoms with Crippen molar-refractivity contribution < 1.29 is 8.94 Å². The summed E-state index contributed by atoms with van der Waals surface area (Å²) in [5.41, 5.74) is 7.53. The normalized spacial score (nSPS) is 10.8. The summed E-state index contributed by atoms with van der Waals surface area (Å²) in [6.07, 6.45) is 0. The Morgan fingerprint density at radius 3 is 2.63 bits per heavy atom. The Hall–Kier alpha value is -1.53. The quantitative estimate of drug-likeness (QED) is 0.695. The van der Waals surface area contributed by atoms with Crippen LogP contribution in [0.4, 0.5) is 5.82 Å². The fourth-order valence-electron chi connectivity index (χ4n) is 1.83. The first kappa shape index (κ1) is 12.5. The molecule has 4 nitrogen and oxygen atoms in total. The van der Waals surface area contributed by atoms with E-state index in [0.717, 1.165) is 15.6 Å². The molecule has 0 bridgehead atoms. The van der Waals surface area contributed by atoms with Crippen LogP contribution in [0.1, 0.15) is 0 Å². The number of benzene rings is 1. The van der Waals surface area contributed by atoms with Crippen LogP contribution in [0.5, 0.6) is 0 Å². The average molecular weight is 384 g/mol.